The second-order valence-electron chi connectivity index (χ2n) is 4.96. The van der Waals surface area contributed by atoms with Gasteiger partial charge in [-0.3, -0.25) is 10.1 Å². The van der Waals surface area contributed by atoms with Crippen molar-refractivity contribution >= 4 is 15.7 Å². The molecule has 1 aliphatic carbocycles. The van der Waals surface area contributed by atoms with Crippen molar-refractivity contribution in [3.05, 3.63) is 33.9 Å². The first-order chi connectivity index (χ1) is 9.35. The largest absolute Gasteiger partial charge is 0.327 e. The zero-order valence-corrected chi connectivity index (χ0v) is 11.9. The minimum absolute atomic E-state index is 0.111. The first-order valence-electron chi connectivity index (χ1n) is 6.31. The summed E-state index contributed by atoms with van der Waals surface area (Å²) in [6.07, 6.45) is 2.50. The molecular formula is C12H17N3O4S. The van der Waals surface area contributed by atoms with Crippen LogP contribution in [0.1, 0.15) is 18.4 Å². The molecule has 0 spiro atoms. The van der Waals surface area contributed by atoms with Crippen molar-refractivity contribution in [1.29, 1.82) is 0 Å². The zero-order chi connectivity index (χ0) is 14.9. The number of hydrogen-bond donors (Lipinski definition) is 2. The summed E-state index contributed by atoms with van der Waals surface area (Å²) < 4.78 is 25.5. The Hall–Kier alpha value is -1.51. The molecule has 0 heterocycles. The predicted molar refractivity (Wildman–Crippen MR) is 73.7 cm³/mol. The number of nitrogens with zero attached hydrogens (tertiary/aromatic N) is 1. The lowest BCUT2D eigenvalue weighted by atomic mass is 10.0. The lowest BCUT2D eigenvalue weighted by molar-refractivity contribution is -0.385. The average Bonchev–Trinajstić information content (AvgIpc) is 3.23. The van der Waals surface area contributed by atoms with Gasteiger partial charge in [0.1, 0.15) is 0 Å². The topological polar surface area (TPSA) is 115 Å². The molecule has 1 atom stereocenters. The zero-order valence-electron chi connectivity index (χ0n) is 11.1. The summed E-state index contributed by atoms with van der Waals surface area (Å²) in [6, 6.07) is 3.82. The molecule has 8 heteroatoms. The van der Waals surface area contributed by atoms with Crippen LogP contribution >= 0.6 is 0 Å². The summed E-state index contributed by atoms with van der Waals surface area (Å²) >= 11 is 0. The van der Waals surface area contributed by atoms with E-state index in [4.69, 9.17) is 5.73 Å². The van der Waals surface area contributed by atoms with Gasteiger partial charge < -0.3 is 5.73 Å². The number of hydrogen-bond acceptors (Lipinski definition) is 5. The lowest BCUT2D eigenvalue weighted by Gasteiger charge is -2.11. The first kappa shape index (κ1) is 14.9. The highest BCUT2D eigenvalue weighted by molar-refractivity contribution is 7.89. The van der Waals surface area contributed by atoms with Gasteiger partial charge in [0.25, 0.3) is 5.69 Å². The van der Waals surface area contributed by atoms with Crippen molar-refractivity contribution in [2.75, 3.05) is 7.05 Å². The van der Waals surface area contributed by atoms with Crippen molar-refractivity contribution < 1.29 is 13.3 Å². The van der Waals surface area contributed by atoms with Crippen LogP contribution in [0, 0.1) is 16.0 Å². The SMILES string of the molecule is CNS(=O)(=O)c1ccc(CC(N)C2CC2)c([N+](=O)[O-])c1. The van der Waals surface area contributed by atoms with E-state index in [0.717, 1.165) is 18.9 Å². The summed E-state index contributed by atoms with van der Waals surface area (Å²) in [6.45, 7) is 0. The molecule has 1 aliphatic rings. The van der Waals surface area contributed by atoms with Crippen LogP contribution in [0.5, 0.6) is 0 Å². The van der Waals surface area contributed by atoms with E-state index in [1.54, 1.807) is 0 Å². The smallest absolute Gasteiger partial charge is 0.273 e. The summed E-state index contributed by atoms with van der Waals surface area (Å²) in [7, 11) is -2.43. The third-order valence-electron chi connectivity index (χ3n) is 3.52. The van der Waals surface area contributed by atoms with Crippen molar-refractivity contribution in [2.45, 2.75) is 30.2 Å². The summed E-state index contributed by atoms with van der Waals surface area (Å²) in [5.41, 5.74) is 6.26. The molecule has 1 aromatic carbocycles. The molecule has 0 radical (unpaired) electrons. The minimum atomic E-state index is -3.69. The Kier molecular flexibility index (Phi) is 4.07. The third kappa shape index (κ3) is 3.14. The van der Waals surface area contributed by atoms with Crippen molar-refractivity contribution in [1.82, 2.24) is 4.72 Å². The molecule has 1 unspecified atom stereocenters. The molecule has 0 bridgehead atoms. The maximum atomic E-state index is 11.7. The minimum Gasteiger partial charge on any atom is -0.327 e. The number of nitro benzene ring substituents is 1. The molecule has 2 rings (SSSR count). The maximum absolute atomic E-state index is 11.7. The van der Waals surface area contributed by atoms with E-state index in [2.05, 4.69) is 4.72 Å². The van der Waals surface area contributed by atoms with Gasteiger partial charge in [-0.1, -0.05) is 6.07 Å². The van der Waals surface area contributed by atoms with Gasteiger partial charge in [-0.2, -0.15) is 0 Å². The van der Waals surface area contributed by atoms with E-state index < -0.39 is 14.9 Å². The van der Waals surface area contributed by atoms with E-state index in [1.165, 1.54) is 19.2 Å². The normalized spacial score (nSPS) is 16.9. The number of benzene rings is 1. The van der Waals surface area contributed by atoms with Crippen LogP contribution in [0.2, 0.25) is 0 Å². The molecule has 20 heavy (non-hydrogen) atoms. The second kappa shape index (κ2) is 5.47. The van der Waals surface area contributed by atoms with E-state index in [9.17, 15) is 18.5 Å². The quantitative estimate of drug-likeness (QED) is 0.595. The van der Waals surface area contributed by atoms with Crippen molar-refractivity contribution in [3.63, 3.8) is 0 Å². The van der Waals surface area contributed by atoms with Crippen LogP contribution in [0.3, 0.4) is 0 Å². The molecule has 0 aliphatic heterocycles. The predicted octanol–water partition coefficient (Wildman–Crippen LogP) is 0.783. The highest BCUT2D eigenvalue weighted by Gasteiger charge is 2.30. The van der Waals surface area contributed by atoms with Gasteiger partial charge in [-0.15, -0.1) is 0 Å². The number of nitro groups is 1. The summed E-state index contributed by atoms with van der Waals surface area (Å²) in [5.74, 6) is 0.426. The fourth-order valence-electron chi connectivity index (χ4n) is 2.12. The first-order valence-corrected chi connectivity index (χ1v) is 7.80. The Morgan fingerprint density at radius 3 is 2.65 bits per heavy atom. The van der Waals surface area contributed by atoms with Gasteiger partial charge in [-0.05, 0) is 38.3 Å². The maximum Gasteiger partial charge on any atom is 0.273 e. The second-order valence-corrected chi connectivity index (χ2v) is 6.85. The monoisotopic (exact) mass is 299 g/mol. The lowest BCUT2D eigenvalue weighted by Crippen LogP contribution is -2.25. The van der Waals surface area contributed by atoms with Gasteiger partial charge in [0.05, 0.1) is 9.82 Å². The van der Waals surface area contributed by atoms with Gasteiger partial charge in [-0.25, -0.2) is 13.1 Å². The standard InChI is InChI=1S/C12H17N3O4S/c1-14-20(18,19)10-5-4-9(12(7-10)15(16)17)6-11(13)8-2-3-8/h4-5,7-8,11,14H,2-3,6,13H2,1H3. The van der Waals surface area contributed by atoms with Crippen LogP contribution in [-0.2, 0) is 16.4 Å². The van der Waals surface area contributed by atoms with E-state index in [0.29, 0.717) is 17.9 Å². The fourth-order valence-corrected chi connectivity index (χ4v) is 2.87. The Morgan fingerprint density at radius 2 is 2.15 bits per heavy atom. The highest BCUT2D eigenvalue weighted by atomic mass is 32.2. The Labute approximate surface area is 117 Å². The molecule has 0 amide bonds. The van der Waals surface area contributed by atoms with Gasteiger partial charge in [0.2, 0.25) is 10.0 Å². The Balaban J connectivity index is 2.35. The summed E-state index contributed by atoms with van der Waals surface area (Å²) in [5, 5.41) is 11.1. The van der Waals surface area contributed by atoms with E-state index in [1.807, 2.05) is 0 Å². The Morgan fingerprint density at radius 1 is 1.50 bits per heavy atom. The molecule has 0 aromatic heterocycles. The van der Waals surface area contributed by atoms with Crippen LogP contribution in [-0.4, -0.2) is 26.4 Å². The number of sulfonamides is 1. The highest BCUT2D eigenvalue weighted by Crippen LogP contribution is 2.34. The third-order valence-corrected chi connectivity index (χ3v) is 4.93. The molecular weight excluding hydrogens is 282 g/mol. The molecule has 0 saturated heterocycles. The van der Waals surface area contributed by atoms with E-state index in [-0.39, 0.29) is 16.6 Å². The average molecular weight is 299 g/mol. The van der Waals surface area contributed by atoms with Gasteiger partial charge >= 0.3 is 0 Å². The Bertz CT molecular complexity index is 626. The van der Waals surface area contributed by atoms with Gasteiger partial charge in [0.15, 0.2) is 0 Å². The molecule has 1 fully saturated rings. The number of nitrogens with one attached hydrogen (secondary N) is 1. The van der Waals surface area contributed by atoms with Crippen molar-refractivity contribution in [3.8, 4) is 0 Å². The molecule has 110 valence electrons. The summed E-state index contributed by atoms with van der Waals surface area (Å²) in [4.78, 5) is 10.4. The fraction of sp³-hybridized carbons (Fsp3) is 0.500. The van der Waals surface area contributed by atoms with Gasteiger partial charge in [0, 0.05) is 17.7 Å². The van der Waals surface area contributed by atoms with Crippen LogP contribution in [0.15, 0.2) is 23.1 Å². The van der Waals surface area contributed by atoms with E-state index >= 15 is 0 Å². The number of rotatable bonds is 6. The van der Waals surface area contributed by atoms with Crippen LogP contribution in [0.4, 0.5) is 5.69 Å². The molecule has 1 saturated carbocycles. The van der Waals surface area contributed by atoms with Crippen LogP contribution in [0.25, 0.3) is 0 Å². The molecule has 7 nitrogen and oxygen atoms in total. The molecule has 1 aromatic rings. The van der Waals surface area contributed by atoms with Crippen molar-refractivity contribution in [2.24, 2.45) is 11.7 Å². The van der Waals surface area contributed by atoms with Crippen LogP contribution < -0.4 is 10.5 Å². The number of nitrogens with two attached hydrogens (primary N) is 1. The molecule has 3 N–H and O–H groups in total.